The van der Waals surface area contributed by atoms with Crippen molar-refractivity contribution in [3.8, 4) is 5.75 Å². The molecule has 0 bridgehead atoms. The Morgan fingerprint density at radius 1 is 1.11 bits per heavy atom. The van der Waals surface area contributed by atoms with E-state index in [0.717, 1.165) is 0 Å². The van der Waals surface area contributed by atoms with Gasteiger partial charge in [0.15, 0.2) is 17.3 Å². The number of methoxy groups -OCH3 is 1. The van der Waals surface area contributed by atoms with Crippen LogP contribution < -0.4 is 4.74 Å². The molecule has 7 nitrogen and oxygen atoms in total. The number of hydrogen-bond donors (Lipinski definition) is 3. The van der Waals surface area contributed by atoms with E-state index >= 15 is 0 Å². The predicted molar refractivity (Wildman–Crippen MR) is 97.4 cm³/mol. The number of Topliss-reactive ketones (excluding diaryl/α,β-unsaturated/α-hetero) is 3. The summed E-state index contributed by atoms with van der Waals surface area (Å²) in [5.41, 5.74) is 1.01. The number of aliphatic hydroxyl groups excluding tert-OH is 3. The van der Waals surface area contributed by atoms with Crippen LogP contribution in [-0.4, -0.2) is 46.4 Å². The molecule has 7 heteroatoms. The minimum Gasteiger partial charge on any atom is -0.511 e. The van der Waals surface area contributed by atoms with E-state index in [1.807, 2.05) is 0 Å². The molecule has 0 heterocycles. The molecule has 4 rings (SSSR count). The van der Waals surface area contributed by atoms with E-state index in [2.05, 4.69) is 0 Å². The average Bonchev–Trinajstić information content (AvgIpc) is 2.72. The van der Waals surface area contributed by atoms with Crippen molar-refractivity contribution in [2.45, 2.75) is 19.3 Å². The zero-order valence-electron chi connectivity index (χ0n) is 15.3. The first-order chi connectivity index (χ1) is 13.4. The van der Waals surface area contributed by atoms with Gasteiger partial charge in [0.1, 0.15) is 23.9 Å². The Balaban J connectivity index is 1.86. The molecule has 3 aliphatic rings. The standard InChI is InChI=1S/C21H20O7/c1-28-14-4-2-3-11-15(14)21(27)17-16(19(11)25)20(26)12-7-9(13(23)8-22)5-6-10(12)18(17)24/h2-4,9,16-17,22,24,26H,5-8H2,1H3. The summed E-state index contributed by atoms with van der Waals surface area (Å²) in [7, 11) is 1.40. The first-order valence-electron chi connectivity index (χ1n) is 9.14. The minimum atomic E-state index is -1.21. The van der Waals surface area contributed by atoms with Gasteiger partial charge < -0.3 is 20.1 Å². The van der Waals surface area contributed by atoms with Gasteiger partial charge in [-0.25, -0.2) is 0 Å². The number of fused-ring (bicyclic) bond motifs is 3. The highest BCUT2D eigenvalue weighted by atomic mass is 16.5. The highest BCUT2D eigenvalue weighted by molar-refractivity contribution is 6.19. The number of ether oxygens (including phenoxy) is 1. The predicted octanol–water partition coefficient (Wildman–Crippen LogP) is 2.31. The third-order valence-corrected chi connectivity index (χ3v) is 6.03. The second kappa shape index (κ2) is 6.60. The zero-order chi connectivity index (χ0) is 20.2. The van der Waals surface area contributed by atoms with Crippen LogP contribution in [0.4, 0.5) is 0 Å². The van der Waals surface area contributed by atoms with E-state index in [4.69, 9.17) is 9.84 Å². The van der Waals surface area contributed by atoms with E-state index in [1.165, 1.54) is 13.2 Å². The Kier molecular flexibility index (Phi) is 4.34. The second-order valence-corrected chi connectivity index (χ2v) is 7.36. The first kappa shape index (κ1) is 18.4. The van der Waals surface area contributed by atoms with Gasteiger partial charge in [0.05, 0.1) is 24.5 Å². The van der Waals surface area contributed by atoms with Crippen molar-refractivity contribution in [2.75, 3.05) is 13.7 Å². The molecule has 0 spiro atoms. The largest absolute Gasteiger partial charge is 0.511 e. The van der Waals surface area contributed by atoms with E-state index in [1.54, 1.807) is 12.1 Å². The Bertz CT molecular complexity index is 969. The molecule has 146 valence electrons. The molecule has 3 unspecified atom stereocenters. The molecule has 1 saturated carbocycles. The number of ketones is 3. The number of hydrogen-bond acceptors (Lipinski definition) is 7. The van der Waals surface area contributed by atoms with Gasteiger partial charge in [-0.1, -0.05) is 12.1 Å². The lowest BCUT2D eigenvalue weighted by atomic mass is 9.64. The van der Waals surface area contributed by atoms with Crippen LogP contribution in [0.25, 0.3) is 0 Å². The topological polar surface area (TPSA) is 121 Å². The fourth-order valence-electron chi connectivity index (χ4n) is 4.61. The number of carbonyl (C=O) groups excluding carboxylic acids is 3. The van der Waals surface area contributed by atoms with Crippen molar-refractivity contribution < 1.29 is 34.4 Å². The fraction of sp³-hybridized carbons (Fsp3) is 0.381. The van der Waals surface area contributed by atoms with Crippen molar-refractivity contribution in [1.29, 1.82) is 0 Å². The molecule has 0 aromatic heterocycles. The van der Waals surface area contributed by atoms with Crippen LogP contribution in [0.5, 0.6) is 5.75 Å². The lowest BCUT2D eigenvalue weighted by molar-refractivity contribution is -0.126. The molecule has 28 heavy (non-hydrogen) atoms. The molecular formula is C21H20O7. The van der Waals surface area contributed by atoms with Gasteiger partial charge in [-0.15, -0.1) is 0 Å². The second-order valence-electron chi connectivity index (χ2n) is 7.36. The normalized spacial score (nSPS) is 26.6. The smallest absolute Gasteiger partial charge is 0.179 e. The Labute approximate surface area is 160 Å². The zero-order valence-corrected chi connectivity index (χ0v) is 15.3. The quantitative estimate of drug-likeness (QED) is 0.731. The van der Waals surface area contributed by atoms with Gasteiger partial charge >= 0.3 is 0 Å². The summed E-state index contributed by atoms with van der Waals surface area (Å²) in [6, 6.07) is 4.67. The Morgan fingerprint density at radius 3 is 2.46 bits per heavy atom. The summed E-state index contributed by atoms with van der Waals surface area (Å²) in [5, 5.41) is 30.9. The summed E-state index contributed by atoms with van der Waals surface area (Å²) in [4.78, 5) is 38.2. The van der Waals surface area contributed by atoms with Crippen molar-refractivity contribution in [3.05, 3.63) is 52.0 Å². The molecule has 1 fully saturated rings. The first-order valence-corrected chi connectivity index (χ1v) is 9.14. The number of carbonyl (C=O) groups is 3. The Hall–Kier alpha value is -2.93. The molecular weight excluding hydrogens is 364 g/mol. The highest BCUT2D eigenvalue weighted by Gasteiger charge is 2.51. The molecule has 3 atom stereocenters. The van der Waals surface area contributed by atoms with Gasteiger partial charge in [0.25, 0.3) is 0 Å². The maximum absolute atomic E-state index is 13.2. The van der Waals surface area contributed by atoms with Crippen molar-refractivity contribution in [2.24, 2.45) is 17.8 Å². The van der Waals surface area contributed by atoms with E-state index < -0.39 is 35.9 Å². The van der Waals surface area contributed by atoms with Crippen LogP contribution in [0.1, 0.15) is 40.0 Å². The molecule has 0 saturated heterocycles. The number of aliphatic hydroxyl groups is 3. The lowest BCUT2D eigenvalue weighted by Gasteiger charge is -2.38. The number of rotatable bonds is 3. The SMILES string of the molecule is COc1cccc2c1C(=O)C1C(O)=C3CCC(C(=O)CO)CC3=C(O)C1C2=O. The fourth-order valence-corrected chi connectivity index (χ4v) is 4.61. The molecule has 1 aromatic rings. The summed E-state index contributed by atoms with van der Waals surface area (Å²) in [6.07, 6.45) is 0.806. The van der Waals surface area contributed by atoms with Gasteiger partial charge in [-0.05, 0) is 36.5 Å². The van der Waals surface area contributed by atoms with Crippen molar-refractivity contribution in [1.82, 2.24) is 0 Å². The van der Waals surface area contributed by atoms with Crippen LogP contribution in [-0.2, 0) is 4.79 Å². The van der Waals surface area contributed by atoms with Gasteiger partial charge in [-0.2, -0.15) is 0 Å². The lowest BCUT2D eigenvalue weighted by Crippen LogP contribution is -2.43. The van der Waals surface area contributed by atoms with Crippen LogP contribution in [0, 0.1) is 17.8 Å². The highest BCUT2D eigenvalue weighted by Crippen LogP contribution is 2.49. The average molecular weight is 384 g/mol. The third-order valence-electron chi connectivity index (χ3n) is 6.03. The van der Waals surface area contributed by atoms with Gasteiger partial charge in [0, 0.05) is 11.5 Å². The molecule has 1 aromatic carbocycles. The third kappa shape index (κ3) is 2.43. The Morgan fingerprint density at radius 2 is 1.79 bits per heavy atom. The van der Waals surface area contributed by atoms with E-state index in [-0.39, 0.29) is 47.0 Å². The van der Waals surface area contributed by atoms with Crippen LogP contribution in [0.3, 0.4) is 0 Å². The molecule has 0 amide bonds. The molecule has 3 aliphatic carbocycles. The van der Waals surface area contributed by atoms with E-state index in [0.29, 0.717) is 17.6 Å². The van der Waals surface area contributed by atoms with Crippen LogP contribution >= 0.6 is 0 Å². The van der Waals surface area contributed by atoms with Gasteiger partial charge in [0.2, 0.25) is 0 Å². The molecule has 0 aliphatic heterocycles. The summed E-state index contributed by atoms with van der Waals surface area (Å²) in [6.45, 7) is -0.597. The number of allylic oxidation sites excluding steroid dienone is 4. The maximum Gasteiger partial charge on any atom is 0.179 e. The monoisotopic (exact) mass is 384 g/mol. The number of benzene rings is 1. The van der Waals surface area contributed by atoms with Crippen LogP contribution in [0.15, 0.2) is 40.9 Å². The van der Waals surface area contributed by atoms with E-state index in [9.17, 15) is 24.6 Å². The molecule has 3 N–H and O–H groups in total. The van der Waals surface area contributed by atoms with Crippen LogP contribution in [0.2, 0.25) is 0 Å². The minimum absolute atomic E-state index is 0.115. The van der Waals surface area contributed by atoms with Gasteiger partial charge in [-0.3, -0.25) is 14.4 Å². The summed E-state index contributed by atoms with van der Waals surface area (Å²) >= 11 is 0. The summed E-state index contributed by atoms with van der Waals surface area (Å²) in [5.74, 6) is -4.42. The molecule has 0 radical (unpaired) electrons. The maximum atomic E-state index is 13.2. The van der Waals surface area contributed by atoms with Crippen molar-refractivity contribution in [3.63, 3.8) is 0 Å². The van der Waals surface area contributed by atoms with Crippen molar-refractivity contribution >= 4 is 17.3 Å². The summed E-state index contributed by atoms with van der Waals surface area (Å²) < 4.78 is 5.23.